The third kappa shape index (κ3) is 3.00. The molecule has 0 spiro atoms. The summed E-state index contributed by atoms with van der Waals surface area (Å²) in [6, 6.07) is 7.62. The summed E-state index contributed by atoms with van der Waals surface area (Å²) in [5.74, 6) is 3.06. The van der Waals surface area contributed by atoms with E-state index in [1.54, 1.807) is 0 Å². The van der Waals surface area contributed by atoms with Crippen LogP contribution >= 0.6 is 0 Å². The van der Waals surface area contributed by atoms with Gasteiger partial charge >= 0.3 is 0 Å². The van der Waals surface area contributed by atoms with E-state index in [0.29, 0.717) is 17.7 Å². The van der Waals surface area contributed by atoms with E-state index in [0.717, 1.165) is 23.5 Å². The number of amides is 1. The van der Waals surface area contributed by atoms with Gasteiger partial charge in [0.2, 0.25) is 0 Å². The summed E-state index contributed by atoms with van der Waals surface area (Å²) in [6.45, 7) is 0.867. The van der Waals surface area contributed by atoms with E-state index in [1.807, 2.05) is 36.2 Å². The number of benzene rings is 1. The van der Waals surface area contributed by atoms with Crippen LogP contribution in [0.2, 0.25) is 0 Å². The van der Waals surface area contributed by atoms with Crippen LogP contribution in [-0.2, 0) is 0 Å². The van der Waals surface area contributed by atoms with Crippen molar-refractivity contribution in [1.82, 2.24) is 20.1 Å². The summed E-state index contributed by atoms with van der Waals surface area (Å²) < 4.78 is 0. The Balaban J connectivity index is 1.44. The molecule has 2 saturated carbocycles. The van der Waals surface area contributed by atoms with E-state index in [2.05, 4.69) is 15.2 Å². The van der Waals surface area contributed by atoms with Crippen molar-refractivity contribution in [3.05, 3.63) is 35.7 Å². The smallest absolute Gasteiger partial charge is 0.253 e. The Hall–Kier alpha value is -2.17. The fourth-order valence-corrected chi connectivity index (χ4v) is 3.07. The van der Waals surface area contributed by atoms with Crippen molar-refractivity contribution < 1.29 is 4.79 Å². The normalized spacial score (nSPS) is 17.8. The highest BCUT2D eigenvalue weighted by atomic mass is 16.2. The van der Waals surface area contributed by atoms with Crippen molar-refractivity contribution in [1.29, 1.82) is 0 Å². The maximum atomic E-state index is 12.5. The van der Waals surface area contributed by atoms with Gasteiger partial charge < -0.3 is 4.90 Å². The number of hydrogen-bond donors (Lipinski definition) is 1. The molecular formula is C18H22N4O. The molecule has 1 aromatic heterocycles. The quantitative estimate of drug-likeness (QED) is 0.922. The second-order valence-electron chi connectivity index (χ2n) is 6.88. The van der Waals surface area contributed by atoms with Crippen LogP contribution in [0.1, 0.15) is 54.2 Å². The highest BCUT2D eigenvalue weighted by Gasteiger charge is 2.27. The number of nitrogens with zero attached hydrogens (tertiary/aromatic N) is 3. The standard InChI is InChI=1S/C18H22N4O/c1-22(11-12-3-2-4-12)18(23)15-9-7-14(8-10-15)17-19-16(20-21-17)13-5-6-13/h7-10,12-13H,2-6,11H2,1H3,(H,19,20,21). The molecule has 2 aromatic rings. The maximum absolute atomic E-state index is 12.5. The zero-order chi connectivity index (χ0) is 15.8. The molecule has 0 bridgehead atoms. The zero-order valence-electron chi connectivity index (χ0n) is 13.5. The second kappa shape index (κ2) is 5.80. The van der Waals surface area contributed by atoms with E-state index in [9.17, 15) is 4.79 Å². The van der Waals surface area contributed by atoms with E-state index in [4.69, 9.17) is 0 Å². The lowest BCUT2D eigenvalue weighted by molar-refractivity contribution is 0.0745. The van der Waals surface area contributed by atoms with Gasteiger partial charge in [-0.2, -0.15) is 5.10 Å². The van der Waals surface area contributed by atoms with Crippen LogP contribution in [0.25, 0.3) is 11.4 Å². The fourth-order valence-electron chi connectivity index (χ4n) is 3.07. The van der Waals surface area contributed by atoms with Gasteiger partial charge in [-0.3, -0.25) is 9.89 Å². The molecule has 1 aromatic carbocycles. The van der Waals surface area contributed by atoms with Crippen molar-refractivity contribution in [3.8, 4) is 11.4 Å². The molecule has 1 amide bonds. The SMILES string of the molecule is CN(CC1CCC1)C(=O)c1ccc(-c2n[nH]c(C3CC3)n2)cc1. The third-order valence-corrected chi connectivity index (χ3v) is 4.96. The number of H-pyrrole nitrogens is 1. The Kier molecular flexibility index (Phi) is 3.63. The summed E-state index contributed by atoms with van der Waals surface area (Å²) >= 11 is 0. The van der Waals surface area contributed by atoms with E-state index < -0.39 is 0 Å². The third-order valence-electron chi connectivity index (χ3n) is 4.96. The first-order valence-corrected chi connectivity index (χ1v) is 8.49. The first kappa shape index (κ1) is 14.4. The number of carbonyl (C=O) groups excluding carboxylic acids is 1. The topological polar surface area (TPSA) is 61.9 Å². The monoisotopic (exact) mass is 310 g/mol. The van der Waals surface area contributed by atoms with Crippen LogP contribution in [0.5, 0.6) is 0 Å². The van der Waals surface area contributed by atoms with E-state index >= 15 is 0 Å². The van der Waals surface area contributed by atoms with Crippen LogP contribution in [0.15, 0.2) is 24.3 Å². The number of carbonyl (C=O) groups is 1. The van der Waals surface area contributed by atoms with E-state index in [-0.39, 0.29) is 5.91 Å². The molecule has 4 rings (SSSR count). The number of rotatable bonds is 5. The Morgan fingerprint density at radius 2 is 1.96 bits per heavy atom. The Morgan fingerprint density at radius 3 is 2.57 bits per heavy atom. The lowest BCUT2D eigenvalue weighted by atomic mass is 9.85. The van der Waals surface area contributed by atoms with Crippen molar-refractivity contribution in [2.75, 3.05) is 13.6 Å². The second-order valence-corrected chi connectivity index (χ2v) is 6.88. The minimum absolute atomic E-state index is 0.0945. The molecule has 0 aliphatic heterocycles. The summed E-state index contributed by atoms with van der Waals surface area (Å²) in [6.07, 6.45) is 6.22. The predicted octanol–water partition coefficient (Wildman–Crippen LogP) is 3.22. The Morgan fingerprint density at radius 1 is 1.22 bits per heavy atom. The molecule has 23 heavy (non-hydrogen) atoms. The van der Waals surface area contributed by atoms with Crippen LogP contribution in [-0.4, -0.2) is 39.6 Å². The lowest BCUT2D eigenvalue weighted by Crippen LogP contribution is -2.34. The van der Waals surface area contributed by atoms with Gasteiger partial charge in [0.25, 0.3) is 5.91 Å². The van der Waals surface area contributed by atoms with Gasteiger partial charge in [0.1, 0.15) is 5.82 Å². The summed E-state index contributed by atoms with van der Waals surface area (Å²) in [4.78, 5) is 18.9. The first-order chi connectivity index (χ1) is 11.2. The number of nitrogens with one attached hydrogen (secondary N) is 1. The maximum Gasteiger partial charge on any atom is 0.253 e. The van der Waals surface area contributed by atoms with Crippen molar-refractivity contribution >= 4 is 5.91 Å². The molecule has 2 aliphatic carbocycles. The molecule has 5 nitrogen and oxygen atoms in total. The minimum Gasteiger partial charge on any atom is -0.341 e. The van der Waals surface area contributed by atoms with Crippen LogP contribution in [0.3, 0.4) is 0 Å². The van der Waals surface area contributed by atoms with Crippen molar-refractivity contribution in [2.45, 2.75) is 38.0 Å². The van der Waals surface area contributed by atoms with Crippen LogP contribution < -0.4 is 0 Å². The fraction of sp³-hybridized carbons (Fsp3) is 0.500. The number of hydrogen-bond acceptors (Lipinski definition) is 3. The van der Waals surface area contributed by atoms with Gasteiger partial charge in [0, 0.05) is 30.6 Å². The average molecular weight is 310 g/mol. The molecule has 5 heteroatoms. The molecule has 120 valence electrons. The van der Waals surface area contributed by atoms with E-state index in [1.165, 1.54) is 32.1 Å². The molecule has 1 heterocycles. The average Bonchev–Trinajstić information content (AvgIpc) is 3.27. The Labute approximate surface area is 136 Å². The van der Waals surface area contributed by atoms with Crippen molar-refractivity contribution in [2.24, 2.45) is 5.92 Å². The van der Waals surface area contributed by atoms with Gasteiger partial charge in [0.05, 0.1) is 0 Å². The molecule has 2 aliphatic rings. The van der Waals surface area contributed by atoms with Gasteiger partial charge in [-0.05, 0) is 43.7 Å². The molecule has 0 atom stereocenters. The zero-order valence-corrected chi connectivity index (χ0v) is 13.5. The van der Waals surface area contributed by atoms with Gasteiger partial charge in [-0.1, -0.05) is 18.6 Å². The number of aromatic nitrogens is 3. The largest absolute Gasteiger partial charge is 0.341 e. The van der Waals surface area contributed by atoms with Gasteiger partial charge in [-0.15, -0.1) is 0 Å². The molecule has 0 saturated heterocycles. The van der Waals surface area contributed by atoms with Crippen LogP contribution in [0, 0.1) is 5.92 Å². The Bertz CT molecular complexity index is 698. The molecule has 0 unspecified atom stereocenters. The van der Waals surface area contributed by atoms with Crippen molar-refractivity contribution in [3.63, 3.8) is 0 Å². The highest BCUT2D eigenvalue weighted by Crippen LogP contribution is 2.38. The minimum atomic E-state index is 0.0945. The van der Waals surface area contributed by atoms with Gasteiger partial charge in [0.15, 0.2) is 5.82 Å². The molecule has 2 fully saturated rings. The highest BCUT2D eigenvalue weighted by molar-refractivity contribution is 5.94. The predicted molar refractivity (Wildman–Crippen MR) is 88.1 cm³/mol. The summed E-state index contributed by atoms with van der Waals surface area (Å²) in [7, 11) is 1.89. The first-order valence-electron chi connectivity index (χ1n) is 8.49. The van der Waals surface area contributed by atoms with Gasteiger partial charge in [-0.25, -0.2) is 4.98 Å². The summed E-state index contributed by atoms with van der Waals surface area (Å²) in [5, 5.41) is 7.30. The lowest BCUT2D eigenvalue weighted by Gasteiger charge is -2.30. The molecule has 0 radical (unpaired) electrons. The molecular weight excluding hydrogens is 288 g/mol. The molecule has 1 N–H and O–H groups in total. The number of aromatic amines is 1. The van der Waals surface area contributed by atoms with Crippen LogP contribution in [0.4, 0.5) is 0 Å². The summed E-state index contributed by atoms with van der Waals surface area (Å²) in [5.41, 5.74) is 1.68.